The second kappa shape index (κ2) is 7.50. The predicted molar refractivity (Wildman–Crippen MR) is 90.1 cm³/mol. The van der Waals surface area contributed by atoms with Crippen molar-refractivity contribution >= 4 is 17.3 Å². The van der Waals surface area contributed by atoms with Gasteiger partial charge in [0.25, 0.3) is 0 Å². The number of nitrogens with one attached hydrogen (secondary N) is 1. The van der Waals surface area contributed by atoms with E-state index in [9.17, 15) is 4.79 Å². The van der Waals surface area contributed by atoms with E-state index in [2.05, 4.69) is 5.32 Å². The Morgan fingerprint density at radius 2 is 1.91 bits per heavy atom. The van der Waals surface area contributed by atoms with Crippen molar-refractivity contribution in [1.82, 2.24) is 0 Å². The first kappa shape index (κ1) is 15.9. The van der Waals surface area contributed by atoms with Crippen LogP contribution in [0.3, 0.4) is 0 Å². The highest BCUT2D eigenvalue weighted by Gasteiger charge is 2.05. The van der Waals surface area contributed by atoms with Crippen LogP contribution in [0.25, 0.3) is 0 Å². The lowest BCUT2D eigenvalue weighted by atomic mass is 10.1. The van der Waals surface area contributed by atoms with Crippen LogP contribution in [0.2, 0.25) is 0 Å². The minimum atomic E-state index is -0.0127. The van der Waals surface area contributed by atoms with Crippen LogP contribution in [0.5, 0.6) is 5.75 Å². The molecule has 0 aliphatic carbocycles. The molecule has 0 aliphatic heterocycles. The lowest BCUT2D eigenvalue weighted by Crippen LogP contribution is -2.13. The molecule has 2 rings (SSSR count). The molecular formula is C18H22N2O2. The fourth-order valence-electron chi connectivity index (χ4n) is 2.17. The third kappa shape index (κ3) is 4.52. The molecule has 0 atom stereocenters. The van der Waals surface area contributed by atoms with Crippen LogP contribution >= 0.6 is 0 Å². The van der Waals surface area contributed by atoms with Gasteiger partial charge in [-0.3, -0.25) is 4.79 Å². The van der Waals surface area contributed by atoms with E-state index in [0.717, 1.165) is 22.6 Å². The standard InChI is InChI=1S/C18H22N2O2/c1-13-6-3-4-7-17(13)22-11-5-8-18(21)20-16-10-9-15(19)12-14(16)2/h3-4,6-7,9-10,12H,5,8,11,19H2,1-2H3,(H,20,21). The van der Waals surface area contributed by atoms with E-state index >= 15 is 0 Å². The van der Waals surface area contributed by atoms with Crippen molar-refractivity contribution in [2.24, 2.45) is 0 Å². The van der Waals surface area contributed by atoms with Crippen LogP contribution in [-0.4, -0.2) is 12.5 Å². The molecule has 4 nitrogen and oxygen atoms in total. The highest BCUT2D eigenvalue weighted by atomic mass is 16.5. The van der Waals surface area contributed by atoms with Gasteiger partial charge < -0.3 is 15.8 Å². The number of para-hydroxylation sites is 1. The van der Waals surface area contributed by atoms with Gasteiger partial charge in [0.15, 0.2) is 0 Å². The average Bonchev–Trinajstić information content (AvgIpc) is 2.48. The molecule has 116 valence electrons. The molecule has 0 heterocycles. The van der Waals surface area contributed by atoms with Gasteiger partial charge in [0.2, 0.25) is 5.91 Å². The second-order valence-corrected chi connectivity index (χ2v) is 5.34. The summed E-state index contributed by atoms with van der Waals surface area (Å²) in [4.78, 5) is 11.9. The Morgan fingerprint density at radius 3 is 2.64 bits per heavy atom. The monoisotopic (exact) mass is 298 g/mol. The summed E-state index contributed by atoms with van der Waals surface area (Å²) in [7, 11) is 0. The molecule has 0 radical (unpaired) electrons. The van der Waals surface area contributed by atoms with Crippen molar-refractivity contribution in [3.05, 3.63) is 53.6 Å². The zero-order valence-corrected chi connectivity index (χ0v) is 13.1. The van der Waals surface area contributed by atoms with Gasteiger partial charge in [-0.1, -0.05) is 18.2 Å². The van der Waals surface area contributed by atoms with Gasteiger partial charge in [0, 0.05) is 17.8 Å². The molecule has 1 amide bonds. The second-order valence-electron chi connectivity index (χ2n) is 5.34. The summed E-state index contributed by atoms with van der Waals surface area (Å²) in [5.41, 5.74) is 9.26. The summed E-state index contributed by atoms with van der Waals surface area (Å²) >= 11 is 0. The minimum Gasteiger partial charge on any atom is -0.493 e. The van der Waals surface area contributed by atoms with E-state index < -0.39 is 0 Å². The minimum absolute atomic E-state index is 0.0127. The SMILES string of the molecule is Cc1cc(N)ccc1NC(=O)CCCOc1ccccc1C. The fraction of sp³-hybridized carbons (Fsp3) is 0.278. The molecule has 0 saturated carbocycles. The highest BCUT2D eigenvalue weighted by molar-refractivity contribution is 5.91. The van der Waals surface area contributed by atoms with Crippen LogP contribution in [0, 0.1) is 13.8 Å². The number of aryl methyl sites for hydroxylation is 2. The highest BCUT2D eigenvalue weighted by Crippen LogP contribution is 2.18. The quantitative estimate of drug-likeness (QED) is 0.631. The maximum absolute atomic E-state index is 11.9. The maximum Gasteiger partial charge on any atom is 0.224 e. The number of hydrogen-bond donors (Lipinski definition) is 2. The first-order valence-electron chi connectivity index (χ1n) is 7.40. The Labute approximate surface area is 131 Å². The number of benzene rings is 2. The number of ether oxygens (including phenoxy) is 1. The summed E-state index contributed by atoms with van der Waals surface area (Å²) in [5, 5.41) is 2.90. The van der Waals surface area contributed by atoms with Crippen LogP contribution in [0.1, 0.15) is 24.0 Å². The average molecular weight is 298 g/mol. The molecule has 3 N–H and O–H groups in total. The first-order valence-corrected chi connectivity index (χ1v) is 7.40. The molecule has 0 saturated heterocycles. The van der Waals surface area contributed by atoms with Gasteiger partial charge >= 0.3 is 0 Å². The Kier molecular flexibility index (Phi) is 5.42. The zero-order chi connectivity index (χ0) is 15.9. The van der Waals surface area contributed by atoms with E-state index in [1.54, 1.807) is 6.07 Å². The number of nitrogen functional groups attached to an aromatic ring is 1. The number of rotatable bonds is 6. The van der Waals surface area contributed by atoms with E-state index in [1.165, 1.54) is 0 Å². The lowest BCUT2D eigenvalue weighted by molar-refractivity contribution is -0.116. The Hall–Kier alpha value is -2.49. The van der Waals surface area contributed by atoms with E-state index in [0.29, 0.717) is 25.1 Å². The number of carbonyl (C=O) groups is 1. The number of carbonyl (C=O) groups excluding carboxylic acids is 1. The van der Waals surface area contributed by atoms with Gasteiger partial charge in [-0.2, -0.15) is 0 Å². The van der Waals surface area contributed by atoms with Crippen molar-refractivity contribution in [2.75, 3.05) is 17.7 Å². The summed E-state index contributed by atoms with van der Waals surface area (Å²) in [6.07, 6.45) is 1.10. The van der Waals surface area contributed by atoms with Crippen molar-refractivity contribution in [3.63, 3.8) is 0 Å². The molecule has 0 aromatic heterocycles. The van der Waals surface area contributed by atoms with Gasteiger partial charge in [-0.25, -0.2) is 0 Å². The molecule has 0 spiro atoms. The predicted octanol–water partition coefficient (Wildman–Crippen LogP) is 3.68. The van der Waals surface area contributed by atoms with Crippen molar-refractivity contribution < 1.29 is 9.53 Å². The molecule has 0 unspecified atom stereocenters. The van der Waals surface area contributed by atoms with Crippen molar-refractivity contribution in [1.29, 1.82) is 0 Å². The van der Waals surface area contributed by atoms with Crippen LogP contribution in [-0.2, 0) is 4.79 Å². The Morgan fingerprint density at radius 1 is 1.14 bits per heavy atom. The molecular weight excluding hydrogens is 276 g/mol. The normalized spacial score (nSPS) is 10.3. The molecule has 22 heavy (non-hydrogen) atoms. The Balaban J connectivity index is 1.75. The molecule has 0 fully saturated rings. The van der Waals surface area contributed by atoms with Crippen LogP contribution in [0.4, 0.5) is 11.4 Å². The van der Waals surface area contributed by atoms with Gasteiger partial charge in [0.05, 0.1) is 6.61 Å². The number of nitrogens with two attached hydrogens (primary N) is 1. The van der Waals surface area contributed by atoms with Gasteiger partial charge in [-0.15, -0.1) is 0 Å². The number of amides is 1. The number of anilines is 2. The van der Waals surface area contributed by atoms with Gasteiger partial charge in [-0.05, 0) is 55.7 Å². The topological polar surface area (TPSA) is 64.3 Å². The first-order chi connectivity index (χ1) is 10.6. The van der Waals surface area contributed by atoms with Crippen LogP contribution < -0.4 is 15.8 Å². The van der Waals surface area contributed by atoms with Crippen molar-refractivity contribution in [2.45, 2.75) is 26.7 Å². The summed E-state index contributed by atoms with van der Waals surface area (Å²) in [5.74, 6) is 0.860. The largest absolute Gasteiger partial charge is 0.493 e. The Bertz CT molecular complexity index is 653. The van der Waals surface area contributed by atoms with Gasteiger partial charge in [0.1, 0.15) is 5.75 Å². The fourth-order valence-corrected chi connectivity index (χ4v) is 2.17. The molecule has 2 aromatic carbocycles. The molecule has 4 heteroatoms. The number of hydrogen-bond acceptors (Lipinski definition) is 3. The van der Waals surface area contributed by atoms with E-state index in [1.807, 2.05) is 50.2 Å². The van der Waals surface area contributed by atoms with E-state index in [-0.39, 0.29) is 5.91 Å². The third-order valence-electron chi connectivity index (χ3n) is 3.42. The lowest BCUT2D eigenvalue weighted by Gasteiger charge is -2.10. The summed E-state index contributed by atoms with van der Waals surface area (Å²) < 4.78 is 5.68. The molecule has 0 aliphatic rings. The maximum atomic E-state index is 11.9. The zero-order valence-electron chi connectivity index (χ0n) is 13.1. The van der Waals surface area contributed by atoms with Crippen LogP contribution in [0.15, 0.2) is 42.5 Å². The van der Waals surface area contributed by atoms with E-state index in [4.69, 9.17) is 10.5 Å². The molecule has 0 bridgehead atoms. The summed E-state index contributed by atoms with van der Waals surface area (Å²) in [6, 6.07) is 13.3. The van der Waals surface area contributed by atoms with Crippen molar-refractivity contribution in [3.8, 4) is 5.75 Å². The smallest absolute Gasteiger partial charge is 0.224 e. The molecule has 2 aromatic rings. The summed E-state index contributed by atoms with van der Waals surface area (Å²) in [6.45, 7) is 4.46. The third-order valence-corrected chi connectivity index (χ3v) is 3.42.